The Morgan fingerprint density at radius 2 is 1.78 bits per heavy atom. The van der Waals surface area contributed by atoms with Gasteiger partial charge in [-0.25, -0.2) is 0 Å². The number of thioether (sulfide) groups is 1. The molecule has 0 amide bonds. The van der Waals surface area contributed by atoms with Crippen LogP contribution in [0.1, 0.15) is 39.7 Å². The van der Waals surface area contributed by atoms with Crippen molar-refractivity contribution < 1.29 is 0 Å². The van der Waals surface area contributed by atoms with Crippen LogP contribution < -0.4 is 5.73 Å². The molecule has 102 valence electrons. The van der Waals surface area contributed by atoms with E-state index in [1.54, 1.807) is 0 Å². The van der Waals surface area contributed by atoms with Gasteiger partial charge in [-0.05, 0) is 29.5 Å². The van der Waals surface area contributed by atoms with Gasteiger partial charge in [0.2, 0.25) is 0 Å². The molecule has 0 aliphatic carbocycles. The predicted molar refractivity (Wildman–Crippen MR) is 84.3 cm³/mol. The summed E-state index contributed by atoms with van der Waals surface area (Å²) in [5.41, 5.74) is 7.79. The van der Waals surface area contributed by atoms with Gasteiger partial charge >= 0.3 is 0 Å². The molecular weight excluding hydrogens is 262 g/mol. The minimum atomic E-state index is 0.229. The highest BCUT2D eigenvalue weighted by Gasteiger charge is 2.29. The molecule has 1 nitrogen and oxygen atoms in total. The van der Waals surface area contributed by atoms with E-state index in [2.05, 4.69) is 39.8 Å². The van der Waals surface area contributed by atoms with E-state index < -0.39 is 0 Å². The van der Waals surface area contributed by atoms with Crippen molar-refractivity contribution in [1.29, 1.82) is 0 Å². The van der Waals surface area contributed by atoms with Gasteiger partial charge in [-0.1, -0.05) is 51.4 Å². The molecule has 3 heteroatoms. The van der Waals surface area contributed by atoms with Crippen molar-refractivity contribution >= 4 is 23.4 Å². The van der Waals surface area contributed by atoms with Crippen molar-refractivity contribution in [3.8, 4) is 0 Å². The van der Waals surface area contributed by atoms with Crippen LogP contribution in [0.4, 0.5) is 0 Å². The van der Waals surface area contributed by atoms with Crippen LogP contribution in [0, 0.1) is 5.41 Å². The topological polar surface area (TPSA) is 26.0 Å². The highest BCUT2D eigenvalue weighted by Crippen LogP contribution is 2.35. The molecule has 1 aromatic rings. The predicted octanol–water partition coefficient (Wildman–Crippen LogP) is 4.73. The van der Waals surface area contributed by atoms with Crippen LogP contribution >= 0.6 is 23.4 Å². The van der Waals surface area contributed by atoms with Crippen LogP contribution in [0.2, 0.25) is 5.02 Å². The van der Waals surface area contributed by atoms with Gasteiger partial charge in [-0.2, -0.15) is 11.8 Å². The maximum Gasteiger partial charge on any atom is 0.0406 e. The molecule has 2 unspecified atom stereocenters. The van der Waals surface area contributed by atoms with Gasteiger partial charge in [0.25, 0.3) is 0 Å². The molecule has 0 radical (unpaired) electrons. The summed E-state index contributed by atoms with van der Waals surface area (Å²) in [5, 5.41) is 1.26. The van der Waals surface area contributed by atoms with E-state index in [0.717, 1.165) is 17.2 Å². The fraction of sp³-hybridized carbons (Fsp3) is 0.600. The Hall–Kier alpha value is -0.180. The average molecular weight is 286 g/mol. The standard InChI is InChI=1S/C15H24ClNS/c1-5-13(17)14(15(2,3)4)18-10-11-6-8-12(16)9-7-11/h6-9,13-14H,5,10,17H2,1-4H3. The van der Waals surface area contributed by atoms with E-state index in [1.807, 2.05) is 23.9 Å². The normalized spacial score (nSPS) is 15.4. The number of rotatable bonds is 5. The lowest BCUT2D eigenvalue weighted by atomic mass is 9.87. The third-order valence-electron chi connectivity index (χ3n) is 3.06. The largest absolute Gasteiger partial charge is 0.327 e. The molecule has 0 heterocycles. The van der Waals surface area contributed by atoms with E-state index >= 15 is 0 Å². The summed E-state index contributed by atoms with van der Waals surface area (Å²) in [7, 11) is 0. The summed E-state index contributed by atoms with van der Waals surface area (Å²) in [6.07, 6.45) is 1.02. The van der Waals surface area contributed by atoms with Crippen molar-refractivity contribution in [3.05, 3.63) is 34.9 Å². The summed E-state index contributed by atoms with van der Waals surface area (Å²) in [4.78, 5) is 0. The minimum Gasteiger partial charge on any atom is -0.327 e. The van der Waals surface area contributed by atoms with E-state index in [0.29, 0.717) is 5.25 Å². The Bertz CT molecular complexity index is 356. The number of nitrogens with two attached hydrogens (primary N) is 1. The SMILES string of the molecule is CCC(N)C(SCc1ccc(Cl)cc1)C(C)(C)C. The third-order valence-corrected chi connectivity index (χ3v) is 5.22. The highest BCUT2D eigenvalue weighted by molar-refractivity contribution is 7.99. The lowest BCUT2D eigenvalue weighted by molar-refractivity contribution is 0.350. The Morgan fingerprint density at radius 1 is 1.22 bits per heavy atom. The Kier molecular flexibility index (Phi) is 6.03. The quantitative estimate of drug-likeness (QED) is 0.847. The van der Waals surface area contributed by atoms with Crippen LogP contribution in [-0.2, 0) is 5.75 Å². The fourth-order valence-electron chi connectivity index (χ4n) is 2.00. The molecule has 0 bridgehead atoms. The van der Waals surface area contributed by atoms with E-state index in [-0.39, 0.29) is 11.5 Å². The Labute approximate surface area is 120 Å². The van der Waals surface area contributed by atoms with Crippen molar-refractivity contribution in [1.82, 2.24) is 0 Å². The molecule has 0 aliphatic rings. The molecule has 0 saturated carbocycles. The molecule has 18 heavy (non-hydrogen) atoms. The number of hydrogen-bond acceptors (Lipinski definition) is 2. The van der Waals surface area contributed by atoms with Crippen molar-refractivity contribution in [3.63, 3.8) is 0 Å². The maximum atomic E-state index is 6.25. The average Bonchev–Trinajstić information content (AvgIpc) is 2.29. The van der Waals surface area contributed by atoms with Gasteiger partial charge in [0.15, 0.2) is 0 Å². The molecule has 2 atom stereocenters. The van der Waals surface area contributed by atoms with Gasteiger partial charge in [0, 0.05) is 22.1 Å². The molecule has 0 saturated heterocycles. The van der Waals surface area contributed by atoms with Crippen LogP contribution in [-0.4, -0.2) is 11.3 Å². The molecule has 0 aliphatic heterocycles. The van der Waals surface area contributed by atoms with E-state index in [4.69, 9.17) is 17.3 Å². The second kappa shape index (κ2) is 6.83. The summed E-state index contributed by atoms with van der Waals surface area (Å²) in [6, 6.07) is 8.33. The molecule has 1 rings (SSSR count). The summed E-state index contributed by atoms with van der Waals surface area (Å²) in [6.45, 7) is 8.96. The summed E-state index contributed by atoms with van der Waals surface area (Å²) in [5.74, 6) is 0.993. The summed E-state index contributed by atoms with van der Waals surface area (Å²) >= 11 is 7.85. The number of hydrogen-bond donors (Lipinski definition) is 1. The lowest BCUT2D eigenvalue weighted by Gasteiger charge is -2.34. The maximum absolute atomic E-state index is 6.25. The highest BCUT2D eigenvalue weighted by atomic mass is 35.5. The first kappa shape index (κ1) is 15.9. The minimum absolute atomic E-state index is 0.229. The smallest absolute Gasteiger partial charge is 0.0406 e. The first-order valence-electron chi connectivity index (χ1n) is 6.46. The zero-order valence-corrected chi connectivity index (χ0v) is 13.3. The van der Waals surface area contributed by atoms with Gasteiger partial charge in [-0.15, -0.1) is 0 Å². The Balaban J connectivity index is 2.65. The lowest BCUT2D eigenvalue weighted by Crippen LogP contribution is -2.40. The zero-order chi connectivity index (χ0) is 13.8. The second-order valence-electron chi connectivity index (χ2n) is 5.80. The number of halogens is 1. The van der Waals surface area contributed by atoms with Crippen LogP contribution in [0.3, 0.4) is 0 Å². The van der Waals surface area contributed by atoms with Crippen LogP contribution in [0.15, 0.2) is 24.3 Å². The first-order valence-corrected chi connectivity index (χ1v) is 7.89. The molecule has 0 aromatic heterocycles. The van der Waals surface area contributed by atoms with E-state index in [1.165, 1.54) is 5.56 Å². The Morgan fingerprint density at radius 3 is 2.22 bits per heavy atom. The fourth-order valence-corrected chi connectivity index (χ4v) is 3.63. The molecule has 2 N–H and O–H groups in total. The first-order chi connectivity index (χ1) is 8.34. The van der Waals surface area contributed by atoms with E-state index in [9.17, 15) is 0 Å². The van der Waals surface area contributed by atoms with Crippen LogP contribution in [0.25, 0.3) is 0 Å². The van der Waals surface area contributed by atoms with Crippen molar-refractivity contribution in [2.24, 2.45) is 11.1 Å². The molecule has 0 fully saturated rings. The molecular formula is C15H24ClNS. The second-order valence-corrected chi connectivity index (χ2v) is 7.36. The third kappa shape index (κ3) is 4.83. The zero-order valence-electron chi connectivity index (χ0n) is 11.7. The monoisotopic (exact) mass is 285 g/mol. The van der Waals surface area contributed by atoms with Crippen LogP contribution in [0.5, 0.6) is 0 Å². The molecule has 0 spiro atoms. The number of benzene rings is 1. The van der Waals surface area contributed by atoms with Crippen molar-refractivity contribution in [2.75, 3.05) is 0 Å². The van der Waals surface area contributed by atoms with Gasteiger partial charge in [0.05, 0.1) is 0 Å². The van der Waals surface area contributed by atoms with Gasteiger partial charge < -0.3 is 5.73 Å². The van der Waals surface area contributed by atoms with Crippen molar-refractivity contribution in [2.45, 2.75) is 51.2 Å². The van der Waals surface area contributed by atoms with Gasteiger partial charge in [-0.3, -0.25) is 0 Å². The molecule has 1 aromatic carbocycles. The summed E-state index contributed by atoms with van der Waals surface area (Å²) < 4.78 is 0. The van der Waals surface area contributed by atoms with Gasteiger partial charge in [0.1, 0.15) is 0 Å².